The summed E-state index contributed by atoms with van der Waals surface area (Å²) in [6, 6.07) is 4.08. The van der Waals surface area contributed by atoms with Crippen LogP contribution < -0.4 is 0 Å². The lowest BCUT2D eigenvalue weighted by Gasteiger charge is -2.09. The van der Waals surface area contributed by atoms with E-state index < -0.39 is 28.9 Å². The molecule has 20 heavy (non-hydrogen) atoms. The molecular formula is C12H4Br2F4OS. The molecule has 1 nitrogen and oxygen atoms in total. The Morgan fingerprint density at radius 1 is 1.20 bits per heavy atom. The molecule has 0 bridgehead atoms. The maximum absolute atomic E-state index is 13.9. The minimum absolute atomic E-state index is 0.141. The second kappa shape index (κ2) is 5.57. The zero-order valence-corrected chi connectivity index (χ0v) is 13.4. The van der Waals surface area contributed by atoms with Crippen molar-refractivity contribution in [3.05, 3.63) is 54.3 Å². The van der Waals surface area contributed by atoms with Crippen LogP contribution in [0, 0.1) is 5.82 Å². The number of rotatable bonds is 2. The van der Waals surface area contributed by atoms with Gasteiger partial charge in [0.1, 0.15) is 5.82 Å². The fraction of sp³-hybridized carbons (Fsp3) is 0.0833. The van der Waals surface area contributed by atoms with Crippen molar-refractivity contribution in [2.45, 2.75) is 6.18 Å². The first-order chi connectivity index (χ1) is 9.21. The van der Waals surface area contributed by atoms with Crippen molar-refractivity contribution in [2.24, 2.45) is 0 Å². The van der Waals surface area contributed by atoms with Crippen molar-refractivity contribution in [1.29, 1.82) is 0 Å². The second-order valence-corrected chi connectivity index (χ2v) is 6.95. The zero-order chi connectivity index (χ0) is 15.1. The first-order valence-corrected chi connectivity index (χ1v) is 7.47. The van der Waals surface area contributed by atoms with E-state index in [0.717, 1.165) is 23.5 Å². The lowest BCUT2D eigenvalue weighted by atomic mass is 10.0. The quantitative estimate of drug-likeness (QED) is 0.442. The van der Waals surface area contributed by atoms with Crippen molar-refractivity contribution >= 4 is 49.0 Å². The van der Waals surface area contributed by atoms with Crippen molar-refractivity contribution < 1.29 is 22.4 Å². The van der Waals surface area contributed by atoms with Crippen LogP contribution in [-0.2, 0) is 6.18 Å². The standard InChI is InChI=1S/C12H4Br2F4OS/c13-7-4-8(20-11(7)14)10(19)5-2-1-3-6(9(5)15)12(16,17)18/h1-4H. The summed E-state index contributed by atoms with van der Waals surface area (Å²) in [7, 11) is 0. The monoisotopic (exact) mass is 430 g/mol. The molecule has 2 rings (SSSR count). The van der Waals surface area contributed by atoms with E-state index in [1.54, 1.807) is 0 Å². The first kappa shape index (κ1) is 15.7. The molecule has 1 aromatic heterocycles. The lowest BCUT2D eigenvalue weighted by Crippen LogP contribution is -2.12. The highest BCUT2D eigenvalue weighted by Gasteiger charge is 2.36. The maximum Gasteiger partial charge on any atom is 0.419 e. The maximum atomic E-state index is 13.9. The molecule has 106 valence electrons. The van der Waals surface area contributed by atoms with E-state index in [4.69, 9.17) is 0 Å². The van der Waals surface area contributed by atoms with Crippen molar-refractivity contribution in [3.8, 4) is 0 Å². The third-order valence-electron chi connectivity index (χ3n) is 2.42. The molecule has 2 aromatic rings. The number of thiophene rings is 1. The summed E-state index contributed by atoms with van der Waals surface area (Å²) in [5.74, 6) is -2.34. The van der Waals surface area contributed by atoms with Gasteiger partial charge in [0, 0.05) is 4.47 Å². The number of hydrogen-bond donors (Lipinski definition) is 0. The van der Waals surface area contributed by atoms with Gasteiger partial charge >= 0.3 is 6.18 Å². The molecule has 0 fully saturated rings. The molecule has 0 N–H and O–H groups in total. The van der Waals surface area contributed by atoms with Gasteiger partial charge in [-0.05, 0) is 50.1 Å². The summed E-state index contributed by atoms with van der Waals surface area (Å²) in [4.78, 5) is 12.2. The van der Waals surface area contributed by atoms with Crippen LogP contribution in [-0.4, -0.2) is 5.78 Å². The van der Waals surface area contributed by atoms with Crippen LogP contribution in [0.2, 0.25) is 0 Å². The molecular weight excluding hydrogens is 428 g/mol. The highest BCUT2D eigenvalue weighted by atomic mass is 79.9. The summed E-state index contributed by atoms with van der Waals surface area (Å²) >= 11 is 7.34. The summed E-state index contributed by atoms with van der Waals surface area (Å²) in [6.07, 6.45) is -4.84. The Labute approximate surface area is 131 Å². The molecule has 0 saturated heterocycles. The average molecular weight is 432 g/mol. The third kappa shape index (κ3) is 2.96. The Hall–Kier alpha value is -0.730. The molecule has 0 atom stereocenters. The minimum atomic E-state index is -4.84. The fourth-order valence-electron chi connectivity index (χ4n) is 1.52. The normalized spacial score (nSPS) is 11.7. The predicted molar refractivity (Wildman–Crippen MR) is 74.6 cm³/mol. The molecule has 1 aromatic carbocycles. The summed E-state index contributed by atoms with van der Waals surface area (Å²) in [5.41, 5.74) is -2.04. The van der Waals surface area contributed by atoms with E-state index in [9.17, 15) is 22.4 Å². The van der Waals surface area contributed by atoms with Gasteiger partial charge in [-0.2, -0.15) is 13.2 Å². The molecule has 0 radical (unpaired) electrons. The molecule has 0 aliphatic rings. The van der Waals surface area contributed by atoms with E-state index in [0.29, 0.717) is 14.3 Å². The van der Waals surface area contributed by atoms with E-state index in [-0.39, 0.29) is 4.88 Å². The van der Waals surface area contributed by atoms with Gasteiger partial charge in [-0.1, -0.05) is 6.07 Å². The Bertz CT molecular complexity index is 659. The first-order valence-electron chi connectivity index (χ1n) is 5.07. The average Bonchev–Trinajstić information content (AvgIpc) is 2.67. The van der Waals surface area contributed by atoms with Gasteiger partial charge < -0.3 is 0 Å². The number of carbonyl (C=O) groups is 1. The molecule has 8 heteroatoms. The van der Waals surface area contributed by atoms with Crippen LogP contribution >= 0.6 is 43.2 Å². The van der Waals surface area contributed by atoms with E-state index in [2.05, 4.69) is 31.9 Å². The van der Waals surface area contributed by atoms with Crippen LogP contribution in [0.5, 0.6) is 0 Å². The number of benzene rings is 1. The third-order valence-corrected chi connectivity index (χ3v) is 5.67. The summed E-state index contributed by atoms with van der Waals surface area (Å²) in [6.45, 7) is 0. The number of alkyl halides is 3. The van der Waals surface area contributed by atoms with Crippen LogP contribution in [0.1, 0.15) is 20.8 Å². The molecule has 0 unspecified atom stereocenters. The Kier molecular flexibility index (Phi) is 4.36. The van der Waals surface area contributed by atoms with Crippen molar-refractivity contribution in [3.63, 3.8) is 0 Å². The number of hydrogen-bond acceptors (Lipinski definition) is 2. The molecule has 0 saturated carbocycles. The van der Waals surface area contributed by atoms with E-state index >= 15 is 0 Å². The Morgan fingerprint density at radius 3 is 2.35 bits per heavy atom. The van der Waals surface area contributed by atoms with Gasteiger partial charge in [0.15, 0.2) is 0 Å². The number of carbonyl (C=O) groups excluding carboxylic acids is 1. The molecule has 0 spiro atoms. The van der Waals surface area contributed by atoms with Crippen LogP contribution in [0.4, 0.5) is 17.6 Å². The number of halogens is 6. The van der Waals surface area contributed by atoms with Gasteiger partial charge in [0.2, 0.25) is 5.78 Å². The Balaban J connectivity index is 2.51. The molecule has 0 amide bonds. The van der Waals surface area contributed by atoms with Gasteiger partial charge in [0.25, 0.3) is 0 Å². The van der Waals surface area contributed by atoms with Crippen molar-refractivity contribution in [2.75, 3.05) is 0 Å². The van der Waals surface area contributed by atoms with Gasteiger partial charge in [-0.15, -0.1) is 11.3 Å². The number of ketones is 1. The van der Waals surface area contributed by atoms with Crippen LogP contribution in [0.15, 0.2) is 32.5 Å². The topological polar surface area (TPSA) is 17.1 Å². The fourth-order valence-corrected chi connectivity index (χ4v) is 3.51. The van der Waals surface area contributed by atoms with Crippen molar-refractivity contribution in [1.82, 2.24) is 0 Å². The van der Waals surface area contributed by atoms with Gasteiger partial charge in [-0.3, -0.25) is 4.79 Å². The summed E-state index contributed by atoms with van der Waals surface area (Å²) in [5, 5.41) is 0. The molecule has 0 aliphatic heterocycles. The summed E-state index contributed by atoms with van der Waals surface area (Å²) < 4.78 is 52.8. The lowest BCUT2D eigenvalue weighted by molar-refractivity contribution is -0.140. The van der Waals surface area contributed by atoms with E-state index in [1.165, 1.54) is 6.07 Å². The van der Waals surface area contributed by atoms with E-state index in [1.807, 2.05) is 0 Å². The van der Waals surface area contributed by atoms with Gasteiger partial charge in [-0.25, -0.2) is 4.39 Å². The van der Waals surface area contributed by atoms with Gasteiger partial charge in [0.05, 0.1) is 19.8 Å². The SMILES string of the molecule is O=C(c1cc(Br)c(Br)s1)c1cccc(C(F)(F)F)c1F. The molecule has 1 heterocycles. The zero-order valence-electron chi connectivity index (χ0n) is 9.39. The highest BCUT2D eigenvalue weighted by molar-refractivity contribution is 9.13. The smallest absolute Gasteiger partial charge is 0.288 e. The second-order valence-electron chi connectivity index (χ2n) is 3.73. The minimum Gasteiger partial charge on any atom is -0.288 e. The Morgan fingerprint density at radius 2 is 1.85 bits per heavy atom. The van der Waals surface area contributed by atoms with Crippen LogP contribution in [0.25, 0.3) is 0 Å². The predicted octanol–water partition coefficient (Wildman–Crippen LogP) is 5.66. The highest BCUT2D eigenvalue weighted by Crippen LogP contribution is 2.36. The molecule has 0 aliphatic carbocycles. The van der Waals surface area contributed by atoms with Crippen LogP contribution in [0.3, 0.4) is 0 Å². The largest absolute Gasteiger partial charge is 0.419 e.